The van der Waals surface area contributed by atoms with E-state index >= 15 is 0 Å². The predicted octanol–water partition coefficient (Wildman–Crippen LogP) is 2.86. The molecule has 5 heteroatoms. The summed E-state index contributed by atoms with van der Waals surface area (Å²) in [6, 6.07) is 4.80. The summed E-state index contributed by atoms with van der Waals surface area (Å²) in [7, 11) is 1.82. The molecule has 110 valence electrons. The van der Waals surface area contributed by atoms with Crippen LogP contribution in [0.2, 0.25) is 0 Å². The fraction of sp³-hybridized carbons (Fsp3) is 0.312. The van der Waals surface area contributed by atoms with E-state index in [1.54, 1.807) is 23.5 Å². The lowest BCUT2D eigenvalue weighted by molar-refractivity contribution is 0.296. The fourth-order valence-electron chi connectivity index (χ4n) is 1.72. The SMILES string of the molecule is CNCC#Cc1ccc(OCCCc2cncs2)c(F)c1. The van der Waals surface area contributed by atoms with Crippen molar-refractivity contribution in [1.82, 2.24) is 10.3 Å². The fourth-order valence-corrected chi connectivity index (χ4v) is 2.37. The van der Waals surface area contributed by atoms with Crippen molar-refractivity contribution in [1.29, 1.82) is 0 Å². The molecule has 0 amide bonds. The number of halogens is 1. The Labute approximate surface area is 128 Å². The van der Waals surface area contributed by atoms with Crippen LogP contribution in [0.1, 0.15) is 16.9 Å². The molecule has 0 aliphatic carbocycles. The molecule has 0 aliphatic rings. The largest absolute Gasteiger partial charge is 0.491 e. The number of aryl methyl sites for hydroxylation is 1. The van der Waals surface area contributed by atoms with Gasteiger partial charge in [0.2, 0.25) is 0 Å². The van der Waals surface area contributed by atoms with Crippen LogP contribution in [0.25, 0.3) is 0 Å². The van der Waals surface area contributed by atoms with Crippen LogP contribution in [0.4, 0.5) is 4.39 Å². The van der Waals surface area contributed by atoms with Crippen molar-refractivity contribution in [2.45, 2.75) is 12.8 Å². The van der Waals surface area contributed by atoms with Gasteiger partial charge in [-0.05, 0) is 38.1 Å². The molecular weight excluding hydrogens is 287 g/mol. The maximum atomic E-state index is 13.8. The number of ether oxygens (including phenoxy) is 1. The van der Waals surface area contributed by atoms with E-state index in [-0.39, 0.29) is 11.6 Å². The van der Waals surface area contributed by atoms with E-state index in [9.17, 15) is 4.39 Å². The monoisotopic (exact) mass is 304 g/mol. The average Bonchev–Trinajstić information content (AvgIpc) is 2.99. The first-order valence-electron chi connectivity index (χ1n) is 6.73. The zero-order valence-corrected chi connectivity index (χ0v) is 12.7. The summed E-state index contributed by atoms with van der Waals surface area (Å²) in [5, 5.41) is 2.91. The van der Waals surface area contributed by atoms with Crippen LogP contribution in [0.5, 0.6) is 5.75 Å². The van der Waals surface area contributed by atoms with Gasteiger partial charge in [0.25, 0.3) is 0 Å². The number of hydrogen-bond donors (Lipinski definition) is 1. The number of thiazole rings is 1. The van der Waals surface area contributed by atoms with Crippen molar-refractivity contribution in [3.05, 3.63) is 46.2 Å². The van der Waals surface area contributed by atoms with E-state index in [4.69, 9.17) is 4.74 Å². The third-order valence-corrected chi connectivity index (χ3v) is 3.58. The lowest BCUT2D eigenvalue weighted by Gasteiger charge is -2.06. The number of nitrogens with zero attached hydrogens (tertiary/aromatic N) is 1. The molecule has 1 heterocycles. The van der Waals surface area contributed by atoms with E-state index in [0.717, 1.165) is 12.8 Å². The smallest absolute Gasteiger partial charge is 0.166 e. The summed E-state index contributed by atoms with van der Waals surface area (Å²) in [4.78, 5) is 5.23. The van der Waals surface area contributed by atoms with Gasteiger partial charge in [0.15, 0.2) is 11.6 Å². The second-order valence-electron chi connectivity index (χ2n) is 4.40. The zero-order chi connectivity index (χ0) is 14.9. The summed E-state index contributed by atoms with van der Waals surface area (Å²) in [6.45, 7) is 1.07. The topological polar surface area (TPSA) is 34.1 Å². The number of hydrogen-bond acceptors (Lipinski definition) is 4. The molecule has 3 nitrogen and oxygen atoms in total. The van der Waals surface area contributed by atoms with E-state index in [0.29, 0.717) is 18.7 Å². The molecule has 0 aliphatic heterocycles. The van der Waals surface area contributed by atoms with E-state index < -0.39 is 0 Å². The molecule has 0 bridgehead atoms. The van der Waals surface area contributed by atoms with Crippen LogP contribution in [0.3, 0.4) is 0 Å². The maximum absolute atomic E-state index is 13.8. The maximum Gasteiger partial charge on any atom is 0.166 e. The molecule has 0 radical (unpaired) electrons. The van der Waals surface area contributed by atoms with Crippen LogP contribution in [0, 0.1) is 17.7 Å². The number of benzene rings is 1. The molecule has 0 fully saturated rings. The molecule has 1 N–H and O–H groups in total. The van der Waals surface area contributed by atoms with Gasteiger partial charge in [0, 0.05) is 16.6 Å². The molecular formula is C16H17FN2OS. The number of aromatic nitrogens is 1. The van der Waals surface area contributed by atoms with Gasteiger partial charge in [-0.2, -0.15) is 0 Å². The molecule has 0 saturated heterocycles. The molecule has 1 aromatic heterocycles. The minimum Gasteiger partial charge on any atom is -0.491 e. The first-order valence-corrected chi connectivity index (χ1v) is 7.61. The van der Waals surface area contributed by atoms with Crippen LogP contribution >= 0.6 is 11.3 Å². The lowest BCUT2D eigenvalue weighted by Crippen LogP contribution is -2.04. The molecule has 0 spiro atoms. The van der Waals surface area contributed by atoms with Gasteiger partial charge in [-0.3, -0.25) is 4.98 Å². The summed E-state index contributed by atoms with van der Waals surface area (Å²) < 4.78 is 19.3. The predicted molar refractivity (Wildman–Crippen MR) is 83.1 cm³/mol. The Morgan fingerprint density at radius 3 is 3.05 bits per heavy atom. The average molecular weight is 304 g/mol. The van der Waals surface area contributed by atoms with E-state index in [1.807, 2.05) is 18.8 Å². The van der Waals surface area contributed by atoms with Crippen molar-refractivity contribution < 1.29 is 9.13 Å². The molecule has 21 heavy (non-hydrogen) atoms. The van der Waals surface area contributed by atoms with Crippen LogP contribution in [-0.2, 0) is 6.42 Å². The Balaban J connectivity index is 1.82. The van der Waals surface area contributed by atoms with Crippen LogP contribution < -0.4 is 10.1 Å². The molecule has 1 aromatic carbocycles. The molecule has 2 aromatic rings. The Bertz CT molecular complexity index is 617. The Hall–Kier alpha value is -1.90. The minimum absolute atomic E-state index is 0.276. The standard InChI is InChI=1S/C16H17FN2OS/c1-18-8-2-4-13-6-7-16(15(17)10-13)20-9-3-5-14-11-19-12-21-14/h6-7,10-12,18H,3,5,8-9H2,1H3. The second-order valence-corrected chi connectivity index (χ2v) is 5.37. The van der Waals surface area contributed by atoms with Gasteiger partial charge in [-0.25, -0.2) is 4.39 Å². The van der Waals surface area contributed by atoms with Gasteiger partial charge in [0.05, 0.1) is 18.7 Å². The van der Waals surface area contributed by atoms with Gasteiger partial charge >= 0.3 is 0 Å². The van der Waals surface area contributed by atoms with Crippen molar-refractivity contribution >= 4 is 11.3 Å². The summed E-state index contributed by atoms with van der Waals surface area (Å²) >= 11 is 1.62. The number of nitrogens with one attached hydrogen (secondary N) is 1. The highest BCUT2D eigenvalue weighted by Gasteiger charge is 2.04. The highest BCUT2D eigenvalue weighted by molar-refractivity contribution is 7.09. The van der Waals surface area contributed by atoms with Crippen LogP contribution in [-0.4, -0.2) is 25.2 Å². The van der Waals surface area contributed by atoms with Gasteiger partial charge in [0.1, 0.15) is 0 Å². The van der Waals surface area contributed by atoms with Gasteiger partial charge < -0.3 is 10.1 Å². The third kappa shape index (κ3) is 5.18. The minimum atomic E-state index is -0.371. The third-order valence-electron chi connectivity index (χ3n) is 2.74. The zero-order valence-electron chi connectivity index (χ0n) is 11.9. The normalized spacial score (nSPS) is 10.0. The van der Waals surface area contributed by atoms with Crippen LogP contribution in [0.15, 0.2) is 29.9 Å². The van der Waals surface area contributed by atoms with Crippen molar-refractivity contribution in [3.63, 3.8) is 0 Å². The lowest BCUT2D eigenvalue weighted by atomic mass is 10.2. The Kier molecular flexibility index (Phi) is 6.20. The summed E-state index contributed by atoms with van der Waals surface area (Å²) in [6.07, 6.45) is 3.59. The molecule has 2 rings (SSSR count). The quantitative estimate of drug-likeness (QED) is 0.658. The Morgan fingerprint density at radius 2 is 2.33 bits per heavy atom. The molecule has 0 atom stereocenters. The molecule has 0 unspecified atom stereocenters. The van der Waals surface area contributed by atoms with Crippen molar-refractivity contribution in [3.8, 4) is 17.6 Å². The van der Waals surface area contributed by atoms with Gasteiger partial charge in [-0.15, -0.1) is 11.3 Å². The number of rotatable bonds is 6. The highest BCUT2D eigenvalue weighted by atomic mass is 32.1. The first-order chi connectivity index (χ1) is 10.3. The summed E-state index contributed by atoms with van der Waals surface area (Å²) in [5.74, 6) is 5.68. The Morgan fingerprint density at radius 1 is 1.43 bits per heavy atom. The molecule has 0 saturated carbocycles. The van der Waals surface area contributed by atoms with Crippen molar-refractivity contribution in [2.75, 3.05) is 20.2 Å². The first kappa shape index (κ1) is 15.5. The second kappa shape index (κ2) is 8.40. The summed E-state index contributed by atoms with van der Waals surface area (Å²) in [5.41, 5.74) is 2.46. The van der Waals surface area contributed by atoms with Crippen molar-refractivity contribution in [2.24, 2.45) is 0 Å². The van der Waals surface area contributed by atoms with E-state index in [2.05, 4.69) is 22.1 Å². The highest BCUT2D eigenvalue weighted by Crippen LogP contribution is 2.18. The van der Waals surface area contributed by atoms with Gasteiger partial charge in [-0.1, -0.05) is 11.8 Å². The van der Waals surface area contributed by atoms with E-state index in [1.165, 1.54) is 10.9 Å².